The van der Waals surface area contributed by atoms with Crippen LogP contribution in [-0.4, -0.2) is 7.05 Å². The molecule has 1 aromatic carbocycles. The predicted molar refractivity (Wildman–Crippen MR) is 75.7 cm³/mol. The molecule has 1 heterocycles. The Morgan fingerprint density at radius 1 is 1.26 bits per heavy atom. The van der Waals surface area contributed by atoms with E-state index in [0.29, 0.717) is 16.4 Å². The van der Waals surface area contributed by atoms with Gasteiger partial charge in [0.1, 0.15) is 17.3 Å². The minimum absolute atomic E-state index is 0.0540. The zero-order chi connectivity index (χ0) is 14.0. The third-order valence-electron chi connectivity index (χ3n) is 2.72. The van der Waals surface area contributed by atoms with Gasteiger partial charge in [-0.1, -0.05) is 11.6 Å². The zero-order valence-electron chi connectivity index (χ0n) is 10.3. The summed E-state index contributed by atoms with van der Waals surface area (Å²) >= 11 is 7.22. The lowest BCUT2D eigenvalue weighted by Gasteiger charge is -2.20. The summed E-state index contributed by atoms with van der Waals surface area (Å²) in [5.74, 6) is -1.21. The molecule has 0 aliphatic heterocycles. The van der Waals surface area contributed by atoms with Crippen LogP contribution in [0.1, 0.15) is 10.4 Å². The molecule has 0 saturated carbocycles. The predicted octanol–water partition coefficient (Wildman–Crippen LogP) is 3.77. The van der Waals surface area contributed by atoms with Crippen molar-refractivity contribution in [2.45, 2.75) is 13.1 Å². The molecule has 1 aromatic heterocycles. The number of hydrogen-bond acceptors (Lipinski definition) is 3. The number of halogens is 3. The van der Waals surface area contributed by atoms with Gasteiger partial charge in [0.25, 0.3) is 0 Å². The molecular formula is C13H13ClF2N2S. The highest BCUT2D eigenvalue weighted by Gasteiger charge is 2.15. The molecule has 2 nitrogen and oxygen atoms in total. The highest BCUT2D eigenvalue weighted by molar-refractivity contribution is 7.16. The first-order chi connectivity index (χ1) is 9.01. The number of rotatable bonds is 4. The fourth-order valence-electron chi connectivity index (χ4n) is 1.85. The van der Waals surface area contributed by atoms with Crippen LogP contribution in [0, 0.1) is 11.6 Å². The topological polar surface area (TPSA) is 29.3 Å². The minimum atomic E-state index is -0.606. The van der Waals surface area contributed by atoms with E-state index in [-0.39, 0.29) is 12.2 Å². The standard InChI is InChI=1S/C13H13ClF2N2S/c1-18(7-9-2-3-12(14)19-9)13-10(15)4-8(6-17)5-11(13)16/h2-5H,6-7,17H2,1H3. The molecule has 0 spiro atoms. The molecule has 0 aliphatic rings. The summed E-state index contributed by atoms with van der Waals surface area (Å²) in [4.78, 5) is 2.46. The fourth-order valence-corrected chi connectivity index (χ4v) is 2.99. The molecule has 0 radical (unpaired) electrons. The summed E-state index contributed by atoms with van der Waals surface area (Å²) in [6, 6.07) is 6.12. The lowest BCUT2D eigenvalue weighted by Crippen LogP contribution is -2.19. The van der Waals surface area contributed by atoms with Gasteiger partial charge in [-0.15, -0.1) is 11.3 Å². The fraction of sp³-hybridized carbons (Fsp3) is 0.231. The van der Waals surface area contributed by atoms with Crippen LogP contribution >= 0.6 is 22.9 Å². The van der Waals surface area contributed by atoms with Crippen LogP contribution < -0.4 is 10.6 Å². The lowest BCUT2D eigenvalue weighted by molar-refractivity contribution is 0.573. The quantitative estimate of drug-likeness (QED) is 0.931. The average Bonchev–Trinajstić information content (AvgIpc) is 2.73. The Bertz CT molecular complexity index is 563. The van der Waals surface area contributed by atoms with Crippen LogP contribution in [0.25, 0.3) is 0 Å². The molecule has 2 aromatic rings. The van der Waals surface area contributed by atoms with E-state index in [0.717, 1.165) is 4.88 Å². The van der Waals surface area contributed by atoms with Gasteiger partial charge in [0, 0.05) is 18.5 Å². The number of hydrogen-bond donors (Lipinski definition) is 1. The van der Waals surface area contributed by atoms with Gasteiger partial charge in [-0.25, -0.2) is 8.78 Å². The smallest absolute Gasteiger partial charge is 0.149 e. The third kappa shape index (κ3) is 3.23. The first-order valence-electron chi connectivity index (χ1n) is 5.64. The SMILES string of the molecule is CN(Cc1ccc(Cl)s1)c1c(F)cc(CN)cc1F. The molecule has 0 bridgehead atoms. The molecule has 2 N–H and O–H groups in total. The molecule has 6 heteroatoms. The van der Waals surface area contributed by atoms with E-state index in [9.17, 15) is 8.78 Å². The molecule has 102 valence electrons. The Labute approximate surface area is 119 Å². The van der Waals surface area contributed by atoms with Gasteiger partial charge in [0.2, 0.25) is 0 Å². The van der Waals surface area contributed by atoms with Crippen molar-refractivity contribution in [3.05, 3.63) is 50.7 Å². The molecule has 0 amide bonds. The monoisotopic (exact) mass is 302 g/mol. The van der Waals surface area contributed by atoms with Crippen LogP contribution in [0.3, 0.4) is 0 Å². The number of thiophene rings is 1. The largest absolute Gasteiger partial charge is 0.365 e. The normalized spacial score (nSPS) is 10.8. The number of benzene rings is 1. The summed E-state index contributed by atoms with van der Waals surface area (Å²) in [5, 5.41) is 0. The van der Waals surface area contributed by atoms with Gasteiger partial charge in [-0.2, -0.15) is 0 Å². The van der Waals surface area contributed by atoms with E-state index in [2.05, 4.69) is 0 Å². The zero-order valence-corrected chi connectivity index (χ0v) is 11.9. The van der Waals surface area contributed by atoms with Crippen LogP contribution in [-0.2, 0) is 13.1 Å². The Morgan fingerprint density at radius 3 is 2.37 bits per heavy atom. The van der Waals surface area contributed by atoms with Gasteiger partial charge in [-0.3, -0.25) is 0 Å². The molecule has 0 unspecified atom stereocenters. The number of anilines is 1. The maximum atomic E-state index is 13.9. The lowest BCUT2D eigenvalue weighted by atomic mass is 10.1. The molecular weight excluding hydrogens is 290 g/mol. The maximum Gasteiger partial charge on any atom is 0.149 e. The summed E-state index contributed by atoms with van der Waals surface area (Å²) in [6.07, 6.45) is 0. The van der Waals surface area contributed by atoms with Gasteiger partial charge in [-0.05, 0) is 29.8 Å². The van der Waals surface area contributed by atoms with E-state index in [1.807, 2.05) is 6.07 Å². The molecule has 19 heavy (non-hydrogen) atoms. The van der Waals surface area contributed by atoms with Crippen molar-refractivity contribution in [1.82, 2.24) is 0 Å². The van der Waals surface area contributed by atoms with Gasteiger partial charge in [0.05, 0.1) is 10.9 Å². The molecule has 2 rings (SSSR count). The average molecular weight is 303 g/mol. The van der Waals surface area contributed by atoms with E-state index < -0.39 is 11.6 Å². The Morgan fingerprint density at radius 2 is 1.89 bits per heavy atom. The van der Waals surface area contributed by atoms with E-state index >= 15 is 0 Å². The minimum Gasteiger partial charge on any atom is -0.365 e. The van der Waals surface area contributed by atoms with Crippen molar-refractivity contribution in [3.8, 4) is 0 Å². The third-order valence-corrected chi connectivity index (χ3v) is 3.93. The maximum absolute atomic E-state index is 13.9. The highest BCUT2D eigenvalue weighted by Crippen LogP contribution is 2.28. The Kier molecular flexibility index (Phi) is 4.39. The summed E-state index contributed by atoms with van der Waals surface area (Å²) in [7, 11) is 1.64. The van der Waals surface area contributed by atoms with Crippen LogP contribution in [0.15, 0.2) is 24.3 Å². The molecule has 0 aliphatic carbocycles. The van der Waals surface area contributed by atoms with E-state index in [1.54, 1.807) is 13.1 Å². The van der Waals surface area contributed by atoms with E-state index in [1.165, 1.54) is 28.4 Å². The van der Waals surface area contributed by atoms with Crippen molar-refractivity contribution in [3.63, 3.8) is 0 Å². The summed E-state index contributed by atoms with van der Waals surface area (Å²) in [6.45, 7) is 0.506. The molecule has 0 atom stereocenters. The molecule has 0 fully saturated rings. The van der Waals surface area contributed by atoms with Gasteiger partial charge >= 0.3 is 0 Å². The summed E-state index contributed by atoms with van der Waals surface area (Å²) < 4.78 is 28.4. The van der Waals surface area contributed by atoms with Crippen LogP contribution in [0.5, 0.6) is 0 Å². The van der Waals surface area contributed by atoms with Crippen molar-refractivity contribution >= 4 is 28.6 Å². The second-order valence-electron chi connectivity index (χ2n) is 4.17. The van der Waals surface area contributed by atoms with Gasteiger partial charge in [0.15, 0.2) is 0 Å². The summed E-state index contributed by atoms with van der Waals surface area (Å²) in [5.41, 5.74) is 5.76. The number of nitrogens with zero attached hydrogens (tertiary/aromatic N) is 1. The van der Waals surface area contributed by atoms with Crippen LogP contribution in [0.4, 0.5) is 14.5 Å². The second-order valence-corrected chi connectivity index (χ2v) is 5.97. The first kappa shape index (κ1) is 14.2. The van der Waals surface area contributed by atoms with Crippen molar-refractivity contribution in [2.24, 2.45) is 5.73 Å². The number of nitrogens with two attached hydrogens (primary N) is 1. The molecule has 0 saturated heterocycles. The van der Waals surface area contributed by atoms with Crippen molar-refractivity contribution in [2.75, 3.05) is 11.9 Å². The van der Waals surface area contributed by atoms with Crippen LogP contribution in [0.2, 0.25) is 4.34 Å². The van der Waals surface area contributed by atoms with Gasteiger partial charge < -0.3 is 10.6 Å². The van der Waals surface area contributed by atoms with Crippen molar-refractivity contribution in [1.29, 1.82) is 0 Å². The first-order valence-corrected chi connectivity index (χ1v) is 6.84. The highest BCUT2D eigenvalue weighted by atomic mass is 35.5. The Balaban J connectivity index is 2.26. The van der Waals surface area contributed by atoms with E-state index in [4.69, 9.17) is 17.3 Å². The Hall–Kier alpha value is -1.17. The second kappa shape index (κ2) is 5.86. The van der Waals surface area contributed by atoms with Crippen molar-refractivity contribution < 1.29 is 8.78 Å².